The fourth-order valence-electron chi connectivity index (χ4n) is 6.64. The molecule has 0 bridgehead atoms. The summed E-state index contributed by atoms with van der Waals surface area (Å²) in [5.74, 6) is 0. The molecule has 52 heavy (non-hydrogen) atoms. The Morgan fingerprint density at radius 1 is 0.385 bits per heavy atom. The third kappa shape index (κ3) is 5.12. The number of hydrogen-bond donors (Lipinski definition) is 0. The van der Waals surface area contributed by atoms with E-state index in [2.05, 4.69) is 0 Å². The normalized spacial score (nSPS) is 15.8. The highest BCUT2D eigenvalue weighted by molar-refractivity contribution is 6.19. The molecule has 1 heterocycles. The Morgan fingerprint density at radius 2 is 1.00 bits per heavy atom. The molecule has 0 aliphatic heterocycles. The third-order valence-corrected chi connectivity index (χ3v) is 9.09. The van der Waals surface area contributed by atoms with Gasteiger partial charge in [-0.2, -0.15) is 0 Å². The lowest BCUT2D eigenvalue weighted by molar-refractivity contribution is 1.19. The fourth-order valence-corrected chi connectivity index (χ4v) is 6.64. The van der Waals surface area contributed by atoms with E-state index in [4.69, 9.17) is 13.7 Å². The van der Waals surface area contributed by atoms with Crippen molar-refractivity contribution < 1.29 is 21.9 Å². The monoisotopic (exact) mass is 678 g/mol. The number of rotatable bonds is 6. The predicted molar refractivity (Wildman–Crippen MR) is 221 cm³/mol. The quantitative estimate of drug-likeness (QED) is 0.170. The zero-order valence-electron chi connectivity index (χ0n) is 43.3. The van der Waals surface area contributed by atoms with Crippen LogP contribution in [0.5, 0.6) is 0 Å². The summed E-state index contributed by atoms with van der Waals surface area (Å²) in [6.07, 6.45) is 0. The van der Waals surface area contributed by atoms with Crippen molar-refractivity contribution in [1.29, 1.82) is 0 Å². The van der Waals surface area contributed by atoms with Crippen molar-refractivity contribution in [2.24, 2.45) is 0 Å². The molecule has 0 amide bonds. The van der Waals surface area contributed by atoms with Crippen LogP contribution in [0.4, 0.5) is 17.1 Å². The first-order chi connectivity index (χ1) is 32.5. The zero-order valence-corrected chi connectivity index (χ0v) is 27.3. The summed E-state index contributed by atoms with van der Waals surface area (Å²) in [7, 11) is 0. The van der Waals surface area contributed by atoms with Gasteiger partial charge >= 0.3 is 0 Å². The topological polar surface area (TPSA) is 8.17 Å². The van der Waals surface area contributed by atoms with Gasteiger partial charge in [0, 0.05) is 38.9 Å². The summed E-state index contributed by atoms with van der Waals surface area (Å²) in [5.41, 5.74) is 3.13. The van der Waals surface area contributed by atoms with Crippen molar-refractivity contribution in [1.82, 2.24) is 4.57 Å². The van der Waals surface area contributed by atoms with Gasteiger partial charge < -0.3 is 9.47 Å². The molecule has 10 aromatic rings. The summed E-state index contributed by atoms with van der Waals surface area (Å²) in [4.78, 5) is 1.56. The second kappa shape index (κ2) is 12.5. The number of benzene rings is 9. The number of aromatic nitrogens is 1. The van der Waals surface area contributed by atoms with Gasteiger partial charge in [0.25, 0.3) is 0 Å². The van der Waals surface area contributed by atoms with Crippen LogP contribution in [-0.4, -0.2) is 4.57 Å². The third-order valence-electron chi connectivity index (χ3n) is 9.09. The van der Waals surface area contributed by atoms with E-state index in [0.29, 0.717) is 17.1 Å². The molecule has 10 rings (SSSR count). The van der Waals surface area contributed by atoms with E-state index < -0.39 is 84.6 Å². The van der Waals surface area contributed by atoms with E-state index in [0.717, 1.165) is 11.1 Å². The van der Waals surface area contributed by atoms with Gasteiger partial charge in [0.05, 0.1) is 33.0 Å². The highest BCUT2D eigenvalue weighted by atomic mass is 15.1. The van der Waals surface area contributed by atoms with Crippen LogP contribution in [0.2, 0.25) is 0 Å². The number of anilines is 3. The molecule has 0 aliphatic rings. The second-order valence-electron chi connectivity index (χ2n) is 12.1. The van der Waals surface area contributed by atoms with Gasteiger partial charge in [-0.25, -0.2) is 0 Å². The maximum absolute atomic E-state index is 10.1. The van der Waals surface area contributed by atoms with Gasteiger partial charge in [0.15, 0.2) is 0 Å². The molecule has 0 spiro atoms. The van der Waals surface area contributed by atoms with Gasteiger partial charge in [-0.15, -0.1) is 0 Å². The summed E-state index contributed by atoms with van der Waals surface area (Å²) < 4.78 is 145. The molecule has 2 nitrogen and oxygen atoms in total. The SMILES string of the molecule is [2H]c1c([2H])c([2H])c2c([2H])c(-c3ccc(N(c4ccccc4)c4c([2H])c([2H])c5c([2H])c([2H])c6c7c([2H])c([2H])c([2H])c([2H])c7n(-c7ccc(-c8ccccc8)cc7)c6c5c4[2H])cc3)c([2H])c([2H])c2c1[2H]. The van der Waals surface area contributed by atoms with Crippen LogP contribution in [0, 0.1) is 0 Å². The van der Waals surface area contributed by atoms with Gasteiger partial charge in [-0.1, -0.05) is 145 Å². The van der Waals surface area contributed by atoms with Crippen LogP contribution in [0.15, 0.2) is 206 Å². The molecule has 0 N–H and O–H groups in total. The largest absolute Gasteiger partial charge is 0.310 e. The molecule has 1 aromatic heterocycles. The summed E-state index contributed by atoms with van der Waals surface area (Å²) in [5, 5.41) is -0.757. The minimum atomic E-state index is -0.579. The van der Waals surface area contributed by atoms with Crippen molar-refractivity contribution in [2.45, 2.75) is 0 Å². The van der Waals surface area contributed by atoms with Crippen LogP contribution >= 0.6 is 0 Å². The molecule has 0 fully saturated rings. The van der Waals surface area contributed by atoms with Gasteiger partial charge in [0.1, 0.15) is 0 Å². The molecule has 0 aliphatic carbocycles. The first-order valence-corrected chi connectivity index (χ1v) is 16.6. The minimum absolute atomic E-state index is 0.000537. The maximum Gasteiger partial charge on any atom is 0.0652 e. The van der Waals surface area contributed by atoms with Gasteiger partial charge in [0.2, 0.25) is 0 Å². The van der Waals surface area contributed by atoms with E-state index in [1.54, 1.807) is 76.2 Å². The van der Waals surface area contributed by atoms with Crippen LogP contribution < -0.4 is 4.90 Å². The predicted octanol–water partition coefficient (Wildman–Crippen LogP) is 13.9. The molecular formula is C50H34N2. The number of nitrogens with zero attached hydrogens (tertiary/aromatic N) is 2. The summed E-state index contributed by atoms with van der Waals surface area (Å²) >= 11 is 0. The molecule has 0 radical (unpaired) electrons. The van der Waals surface area contributed by atoms with Crippen LogP contribution in [-0.2, 0) is 0 Å². The zero-order chi connectivity index (χ0) is 48.4. The Morgan fingerprint density at radius 3 is 1.81 bits per heavy atom. The van der Waals surface area contributed by atoms with E-state index in [1.165, 1.54) is 0 Å². The Labute approximate surface area is 325 Å². The van der Waals surface area contributed by atoms with Crippen molar-refractivity contribution in [3.8, 4) is 27.9 Å². The van der Waals surface area contributed by atoms with Gasteiger partial charge in [-0.3, -0.25) is 0 Å². The lowest BCUT2D eigenvalue weighted by Gasteiger charge is -2.26. The van der Waals surface area contributed by atoms with E-state index in [-0.39, 0.29) is 72.2 Å². The van der Waals surface area contributed by atoms with Crippen LogP contribution in [0.3, 0.4) is 0 Å². The fraction of sp³-hybridized carbons (Fsp3) is 0. The van der Waals surface area contributed by atoms with Crippen molar-refractivity contribution in [3.05, 3.63) is 206 Å². The molecule has 0 atom stereocenters. The highest BCUT2D eigenvalue weighted by Crippen LogP contribution is 2.41. The number of para-hydroxylation sites is 2. The molecule has 2 heteroatoms. The van der Waals surface area contributed by atoms with E-state index >= 15 is 0 Å². The molecule has 244 valence electrons. The molecule has 0 unspecified atom stereocenters. The van der Waals surface area contributed by atoms with Crippen LogP contribution in [0.1, 0.15) is 21.9 Å². The van der Waals surface area contributed by atoms with Crippen molar-refractivity contribution in [3.63, 3.8) is 0 Å². The Hall–Kier alpha value is -6.90. The summed E-state index contributed by atoms with van der Waals surface area (Å²) in [6, 6.07) is 24.1. The second-order valence-corrected chi connectivity index (χ2v) is 12.1. The molecular weight excluding hydrogens is 629 g/mol. The Balaban J connectivity index is 1.27. The Kier molecular flexibility index (Phi) is 4.28. The number of hydrogen-bond acceptors (Lipinski definition) is 1. The lowest BCUT2D eigenvalue weighted by atomic mass is 10.0. The molecule has 0 saturated heterocycles. The smallest absolute Gasteiger partial charge is 0.0652 e. The highest BCUT2D eigenvalue weighted by Gasteiger charge is 2.18. The van der Waals surface area contributed by atoms with Crippen molar-refractivity contribution in [2.75, 3.05) is 4.90 Å². The van der Waals surface area contributed by atoms with Crippen molar-refractivity contribution >= 4 is 60.4 Å². The standard InChI is InChI=1S/C50H34N2/c1-3-11-35(12-4-1)37-21-29-44(30-22-37)52-49-18-10-9-17-46(49)47-32-26-39-25-31-45(34-48(39)50(47)52)51(42-15-5-2-6-16-42)43-27-23-38(24-28-43)41-20-19-36-13-7-8-14-40(36)33-41/h1-34H/i7D,8D,9D,10D,13D,14D,17D,18D,19D,20D,25D,26D,31D,32D,33D,34D. The average molecular weight is 679 g/mol. The number of fused-ring (bicyclic) bond motifs is 6. The maximum atomic E-state index is 10.1. The van der Waals surface area contributed by atoms with E-state index in [1.807, 2.05) is 42.5 Å². The molecule has 9 aromatic carbocycles. The van der Waals surface area contributed by atoms with E-state index in [9.17, 15) is 8.22 Å². The van der Waals surface area contributed by atoms with Gasteiger partial charge in [-0.05, 0) is 99.0 Å². The first-order valence-electron chi connectivity index (χ1n) is 24.6. The van der Waals surface area contributed by atoms with Crippen LogP contribution in [0.25, 0.3) is 71.3 Å². The summed E-state index contributed by atoms with van der Waals surface area (Å²) in [6.45, 7) is 0. The molecule has 0 saturated carbocycles. The minimum Gasteiger partial charge on any atom is -0.310 e. The first kappa shape index (κ1) is 17.8. The Bertz CT molecular complexity index is 3780. The lowest BCUT2D eigenvalue weighted by Crippen LogP contribution is -2.09. The average Bonchev–Trinajstić information content (AvgIpc) is 3.71.